The van der Waals surface area contributed by atoms with Gasteiger partial charge in [-0.3, -0.25) is 19.2 Å². The number of amides is 4. The van der Waals surface area contributed by atoms with Gasteiger partial charge in [0, 0.05) is 47.3 Å². The van der Waals surface area contributed by atoms with E-state index in [0.29, 0.717) is 45.1 Å². The third kappa shape index (κ3) is 4.17. The molecular weight excluding hydrogens is 729 g/mol. The Morgan fingerprint density at radius 3 is 1.02 bits per heavy atom. The van der Waals surface area contributed by atoms with E-state index in [0.717, 1.165) is 49.4 Å². The molecule has 6 aromatic rings. The van der Waals surface area contributed by atoms with Gasteiger partial charge in [-0.15, -0.1) is 45.3 Å². The summed E-state index contributed by atoms with van der Waals surface area (Å²) in [4.78, 5) is 67.0. The maximum Gasteiger partial charge on any atom is 0.261 e. The van der Waals surface area contributed by atoms with Gasteiger partial charge < -0.3 is 19.6 Å². The third-order valence-electron chi connectivity index (χ3n) is 10.1. The minimum atomic E-state index is -0.198. The molecule has 8 heterocycles. The molecule has 0 aliphatic carbocycles. The predicted octanol–water partition coefficient (Wildman–Crippen LogP) is 8.04. The monoisotopic (exact) mass is 754 g/mol. The standard InChI is InChI=1S/C40H26N4O4S4/c1-41-33(29-31(39(41)47)35(43(3)37(29)45)27-17-19-9-5-7-11-21(19)49-27)25-15-13-23(51-25)24-14-16-26(52-24)34-30-32(40(48)42(34)2)36(44(4)38(30)46)28-18-20-10-6-8-12-22(20)50-28/h5-18H,1-4H3. The largest absolute Gasteiger partial charge is 0.309 e. The molecule has 12 heteroatoms. The van der Waals surface area contributed by atoms with Crippen LogP contribution in [0.2, 0.25) is 0 Å². The van der Waals surface area contributed by atoms with Gasteiger partial charge in [-0.25, -0.2) is 0 Å². The number of carbonyl (C=O) groups is 4. The second-order valence-electron chi connectivity index (χ2n) is 13.0. The number of rotatable bonds is 5. The molecule has 0 atom stereocenters. The van der Waals surface area contributed by atoms with Crippen LogP contribution in [0.5, 0.6) is 0 Å². The smallest absolute Gasteiger partial charge is 0.261 e. The van der Waals surface area contributed by atoms with E-state index < -0.39 is 0 Å². The van der Waals surface area contributed by atoms with Gasteiger partial charge in [0.05, 0.1) is 64.6 Å². The van der Waals surface area contributed by atoms with E-state index >= 15 is 0 Å². The molecular formula is C40H26N4O4S4. The molecule has 4 aromatic heterocycles. The first-order chi connectivity index (χ1) is 25.1. The van der Waals surface area contributed by atoms with Crippen molar-refractivity contribution in [1.29, 1.82) is 0 Å². The Kier molecular flexibility index (Phi) is 6.66. The highest BCUT2D eigenvalue weighted by molar-refractivity contribution is 7.23. The van der Waals surface area contributed by atoms with Crippen molar-refractivity contribution >= 4 is 112 Å². The van der Waals surface area contributed by atoms with E-state index in [1.807, 2.05) is 84.9 Å². The second-order valence-corrected chi connectivity index (χ2v) is 17.3. The van der Waals surface area contributed by atoms with Crippen LogP contribution in [0.1, 0.15) is 19.5 Å². The molecule has 10 rings (SSSR count). The summed E-state index contributed by atoms with van der Waals surface area (Å²) in [7, 11) is 6.92. The van der Waals surface area contributed by atoms with Gasteiger partial charge in [-0.2, -0.15) is 0 Å². The summed E-state index contributed by atoms with van der Waals surface area (Å²) < 4.78 is 2.19. The van der Waals surface area contributed by atoms with Gasteiger partial charge >= 0.3 is 0 Å². The van der Waals surface area contributed by atoms with E-state index in [9.17, 15) is 19.2 Å². The first-order valence-corrected chi connectivity index (χ1v) is 19.7. The summed E-state index contributed by atoms with van der Waals surface area (Å²) in [5, 5.41) is 2.15. The van der Waals surface area contributed by atoms with Crippen LogP contribution in [0, 0.1) is 0 Å². The lowest BCUT2D eigenvalue weighted by molar-refractivity contribution is -0.123. The lowest BCUT2D eigenvalue weighted by Gasteiger charge is -2.18. The number of hydrogen-bond acceptors (Lipinski definition) is 8. The molecule has 4 aliphatic heterocycles. The average molecular weight is 755 g/mol. The van der Waals surface area contributed by atoms with Crippen LogP contribution in [0.3, 0.4) is 0 Å². The van der Waals surface area contributed by atoms with Crippen molar-refractivity contribution in [2.24, 2.45) is 0 Å². The van der Waals surface area contributed by atoms with Crippen LogP contribution < -0.4 is 0 Å². The molecule has 0 unspecified atom stereocenters. The average Bonchev–Trinajstić information content (AvgIpc) is 4.01. The van der Waals surface area contributed by atoms with Crippen LogP contribution in [0.4, 0.5) is 0 Å². The van der Waals surface area contributed by atoms with Crippen molar-refractivity contribution in [3.63, 3.8) is 0 Å². The first-order valence-electron chi connectivity index (χ1n) is 16.4. The highest BCUT2D eigenvalue weighted by Crippen LogP contribution is 2.51. The summed E-state index contributed by atoms with van der Waals surface area (Å²) in [6.45, 7) is 0. The molecule has 254 valence electrons. The van der Waals surface area contributed by atoms with Crippen molar-refractivity contribution < 1.29 is 19.2 Å². The minimum Gasteiger partial charge on any atom is -0.309 e. The Balaban J connectivity index is 1.03. The Bertz CT molecular complexity index is 2550. The summed E-state index contributed by atoms with van der Waals surface area (Å²) >= 11 is 6.16. The number of likely N-dealkylation sites (N-methyl/N-ethyl adjacent to an activating group) is 4. The number of carbonyl (C=O) groups excluding carboxylic acids is 4. The quantitative estimate of drug-likeness (QED) is 0.179. The summed E-state index contributed by atoms with van der Waals surface area (Å²) in [6.07, 6.45) is 0. The Hall–Kier alpha value is -5.40. The van der Waals surface area contributed by atoms with Crippen LogP contribution in [0.25, 0.3) is 52.7 Å². The summed E-state index contributed by atoms with van der Waals surface area (Å²) in [5.74, 6) is -0.793. The molecule has 4 amide bonds. The van der Waals surface area contributed by atoms with Gasteiger partial charge in [0.2, 0.25) is 0 Å². The van der Waals surface area contributed by atoms with Crippen molar-refractivity contribution in [3.05, 3.63) is 127 Å². The molecule has 0 N–H and O–H groups in total. The number of benzene rings is 2. The van der Waals surface area contributed by atoms with Gasteiger partial charge in [-0.1, -0.05) is 36.4 Å². The molecule has 8 nitrogen and oxygen atoms in total. The van der Waals surface area contributed by atoms with Gasteiger partial charge in [0.1, 0.15) is 0 Å². The molecule has 52 heavy (non-hydrogen) atoms. The molecule has 4 aliphatic rings. The lowest BCUT2D eigenvalue weighted by Crippen LogP contribution is -2.24. The molecule has 2 aromatic carbocycles. The van der Waals surface area contributed by atoms with E-state index in [1.165, 1.54) is 22.7 Å². The van der Waals surface area contributed by atoms with Crippen LogP contribution >= 0.6 is 45.3 Å². The Morgan fingerprint density at radius 2 is 0.673 bits per heavy atom. The predicted molar refractivity (Wildman–Crippen MR) is 210 cm³/mol. The number of fused-ring (bicyclic) bond motifs is 4. The third-order valence-corrected chi connectivity index (χ3v) is 14.7. The van der Waals surface area contributed by atoms with Crippen molar-refractivity contribution in [2.45, 2.75) is 0 Å². The molecule has 0 fully saturated rings. The molecule has 0 radical (unpaired) electrons. The molecule has 0 spiro atoms. The SMILES string of the molecule is CN1C(=O)C2=C(c3cc4ccccc4s3)N(C)C(=O)C2=C1c1ccc(-c2ccc(C3=C4C(=O)N(C)C(c5cc6ccccc6s5)=C4C(=O)N3C)s2)s1. The Morgan fingerprint density at radius 1 is 0.365 bits per heavy atom. The molecule has 0 saturated heterocycles. The topological polar surface area (TPSA) is 81.2 Å². The first kappa shape index (κ1) is 31.3. The van der Waals surface area contributed by atoms with E-state index in [4.69, 9.17) is 0 Å². The maximum atomic E-state index is 13.8. The van der Waals surface area contributed by atoms with E-state index in [1.54, 1.807) is 70.5 Å². The van der Waals surface area contributed by atoms with Crippen molar-refractivity contribution in [3.8, 4) is 9.75 Å². The maximum absolute atomic E-state index is 13.8. The Labute approximate surface area is 313 Å². The van der Waals surface area contributed by atoms with Crippen LogP contribution in [-0.4, -0.2) is 71.4 Å². The second kappa shape index (κ2) is 11.1. The number of nitrogens with zero attached hydrogens (tertiary/aromatic N) is 4. The van der Waals surface area contributed by atoms with E-state index in [2.05, 4.69) is 0 Å². The summed E-state index contributed by atoms with van der Waals surface area (Å²) in [5.41, 5.74) is 4.25. The zero-order valence-corrected chi connectivity index (χ0v) is 31.4. The molecule has 0 saturated carbocycles. The zero-order valence-electron chi connectivity index (χ0n) is 28.1. The highest BCUT2D eigenvalue weighted by atomic mass is 32.1. The van der Waals surface area contributed by atoms with E-state index in [-0.39, 0.29) is 23.6 Å². The van der Waals surface area contributed by atoms with Gasteiger partial charge in [0.25, 0.3) is 23.6 Å². The molecule has 0 bridgehead atoms. The highest BCUT2D eigenvalue weighted by Gasteiger charge is 2.49. The van der Waals surface area contributed by atoms with Crippen molar-refractivity contribution in [2.75, 3.05) is 28.2 Å². The van der Waals surface area contributed by atoms with Crippen LogP contribution in [0.15, 0.2) is 107 Å². The van der Waals surface area contributed by atoms with Gasteiger partial charge in [0.15, 0.2) is 0 Å². The zero-order chi connectivity index (χ0) is 35.7. The summed E-state index contributed by atoms with van der Waals surface area (Å²) in [6, 6.07) is 28.1. The number of hydrogen-bond donors (Lipinski definition) is 0. The fourth-order valence-corrected chi connectivity index (χ4v) is 12.2. The van der Waals surface area contributed by atoms with Crippen LogP contribution in [-0.2, 0) is 19.2 Å². The minimum absolute atomic E-state index is 0.198. The van der Waals surface area contributed by atoms with Crippen molar-refractivity contribution in [1.82, 2.24) is 19.6 Å². The number of thiophene rings is 4. The normalized spacial score (nSPS) is 17.7. The lowest BCUT2D eigenvalue weighted by atomic mass is 10.1. The fourth-order valence-electron chi connectivity index (χ4n) is 7.60. The van der Waals surface area contributed by atoms with Gasteiger partial charge in [-0.05, 0) is 59.3 Å². The fraction of sp³-hybridized carbons (Fsp3) is 0.100.